The summed E-state index contributed by atoms with van der Waals surface area (Å²) in [4.78, 5) is 16.7. The van der Waals surface area contributed by atoms with Gasteiger partial charge in [-0.3, -0.25) is 4.90 Å². The van der Waals surface area contributed by atoms with Gasteiger partial charge in [0.05, 0.1) is 12.8 Å². The van der Waals surface area contributed by atoms with Gasteiger partial charge in [0.2, 0.25) is 6.79 Å². The van der Waals surface area contributed by atoms with E-state index in [0.29, 0.717) is 29.5 Å². The molecule has 0 atom stereocenters. The van der Waals surface area contributed by atoms with Gasteiger partial charge in [0.25, 0.3) is 0 Å². The Morgan fingerprint density at radius 2 is 1.89 bits per heavy atom. The molecule has 2 aromatic carbocycles. The maximum atomic E-state index is 12.6. The third-order valence-corrected chi connectivity index (χ3v) is 5.14. The number of anilines is 1. The lowest BCUT2D eigenvalue weighted by molar-refractivity contribution is 0.143. The summed E-state index contributed by atoms with van der Waals surface area (Å²) in [7, 11) is 1.56. The van der Waals surface area contributed by atoms with E-state index < -0.39 is 0 Å². The summed E-state index contributed by atoms with van der Waals surface area (Å²) in [5.41, 5.74) is 1.74. The molecule has 2 amide bonds. The zero-order chi connectivity index (χ0) is 19.5. The molecule has 0 spiro atoms. The van der Waals surface area contributed by atoms with E-state index in [1.54, 1.807) is 30.2 Å². The number of hydrogen-bond acceptors (Lipinski definition) is 5. The molecule has 2 aliphatic rings. The van der Waals surface area contributed by atoms with Crippen molar-refractivity contribution in [3.63, 3.8) is 0 Å². The number of fused-ring (bicyclic) bond motifs is 1. The van der Waals surface area contributed by atoms with Crippen molar-refractivity contribution in [3.8, 4) is 17.2 Å². The summed E-state index contributed by atoms with van der Waals surface area (Å²) < 4.78 is 16.1. The van der Waals surface area contributed by atoms with Crippen LogP contribution in [0.4, 0.5) is 10.5 Å². The van der Waals surface area contributed by atoms with Crippen molar-refractivity contribution >= 4 is 23.3 Å². The van der Waals surface area contributed by atoms with Crippen LogP contribution in [-0.4, -0.2) is 55.9 Å². The van der Waals surface area contributed by atoms with E-state index in [4.69, 9.17) is 25.8 Å². The van der Waals surface area contributed by atoms with E-state index in [0.717, 1.165) is 31.1 Å². The van der Waals surface area contributed by atoms with Gasteiger partial charge < -0.3 is 24.4 Å². The molecule has 0 aliphatic carbocycles. The van der Waals surface area contributed by atoms with Crippen molar-refractivity contribution in [1.82, 2.24) is 9.80 Å². The Morgan fingerprint density at radius 3 is 2.68 bits per heavy atom. The molecular formula is C20H22ClN3O4. The van der Waals surface area contributed by atoms with Gasteiger partial charge in [0, 0.05) is 37.7 Å². The number of nitrogens with one attached hydrogen (secondary N) is 1. The van der Waals surface area contributed by atoms with E-state index in [1.165, 1.54) is 5.56 Å². The van der Waals surface area contributed by atoms with Crippen LogP contribution >= 0.6 is 11.6 Å². The number of methoxy groups -OCH3 is 1. The summed E-state index contributed by atoms with van der Waals surface area (Å²) in [6.07, 6.45) is 0. The van der Waals surface area contributed by atoms with Crippen molar-refractivity contribution in [1.29, 1.82) is 0 Å². The topological polar surface area (TPSA) is 63.3 Å². The standard InChI is InChI=1S/C20H22ClN3O4/c1-26-17-5-3-15(21)11-16(17)22-20(25)24-8-6-23(7-9-24)12-14-2-4-18-19(10-14)28-13-27-18/h2-5,10-11H,6-9,12-13H2,1H3,(H,22,25). The number of carbonyl (C=O) groups is 1. The summed E-state index contributed by atoms with van der Waals surface area (Å²) >= 11 is 6.03. The summed E-state index contributed by atoms with van der Waals surface area (Å²) in [6.45, 7) is 4.00. The fourth-order valence-electron chi connectivity index (χ4n) is 3.38. The molecule has 8 heteroatoms. The molecule has 0 aromatic heterocycles. The molecule has 0 unspecified atom stereocenters. The molecule has 1 N–H and O–H groups in total. The van der Waals surface area contributed by atoms with Crippen LogP contribution in [-0.2, 0) is 6.54 Å². The molecule has 2 heterocycles. The van der Waals surface area contributed by atoms with Crippen molar-refractivity contribution in [2.75, 3.05) is 45.4 Å². The minimum Gasteiger partial charge on any atom is -0.495 e. The largest absolute Gasteiger partial charge is 0.495 e. The third kappa shape index (κ3) is 4.10. The van der Waals surface area contributed by atoms with Crippen LogP contribution in [0.2, 0.25) is 5.02 Å². The highest BCUT2D eigenvalue weighted by atomic mass is 35.5. The Hall–Kier alpha value is -2.64. The van der Waals surface area contributed by atoms with Crippen LogP contribution in [0.3, 0.4) is 0 Å². The number of hydrogen-bond donors (Lipinski definition) is 1. The van der Waals surface area contributed by atoms with Gasteiger partial charge in [0.15, 0.2) is 11.5 Å². The molecule has 0 saturated carbocycles. The fraction of sp³-hybridized carbons (Fsp3) is 0.350. The zero-order valence-corrected chi connectivity index (χ0v) is 16.4. The lowest BCUT2D eigenvalue weighted by atomic mass is 10.1. The van der Waals surface area contributed by atoms with Gasteiger partial charge in [-0.2, -0.15) is 0 Å². The summed E-state index contributed by atoms with van der Waals surface area (Å²) in [5, 5.41) is 3.44. The second-order valence-corrected chi connectivity index (χ2v) is 7.16. The highest BCUT2D eigenvalue weighted by molar-refractivity contribution is 6.31. The van der Waals surface area contributed by atoms with E-state index >= 15 is 0 Å². The van der Waals surface area contributed by atoms with Gasteiger partial charge >= 0.3 is 6.03 Å². The monoisotopic (exact) mass is 403 g/mol. The normalized spacial score (nSPS) is 16.1. The number of urea groups is 1. The number of halogens is 1. The molecular weight excluding hydrogens is 382 g/mol. The SMILES string of the molecule is COc1ccc(Cl)cc1NC(=O)N1CCN(Cc2ccc3c(c2)OCO3)CC1. The van der Waals surface area contributed by atoms with E-state index in [9.17, 15) is 4.79 Å². The molecule has 0 bridgehead atoms. The Balaban J connectivity index is 1.31. The molecule has 0 radical (unpaired) electrons. The van der Waals surface area contributed by atoms with E-state index in [1.807, 2.05) is 12.1 Å². The molecule has 2 aromatic rings. The first kappa shape index (κ1) is 18.7. The number of benzene rings is 2. The lowest BCUT2D eigenvalue weighted by Crippen LogP contribution is -2.49. The molecule has 7 nitrogen and oxygen atoms in total. The van der Waals surface area contributed by atoms with Crippen LogP contribution in [0.1, 0.15) is 5.56 Å². The van der Waals surface area contributed by atoms with Gasteiger partial charge in [0.1, 0.15) is 5.75 Å². The Bertz CT molecular complexity index is 869. The maximum Gasteiger partial charge on any atom is 0.322 e. The Labute approximate surface area is 168 Å². The van der Waals surface area contributed by atoms with Crippen LogP contribution in [0.15, 0.2) is 36.4 Å². The second kappa shape index (κ2) is 8.16. The number of piperazine rings is 1. The molecule has 148 valence electrons. The first-order valence-electron chi connectivity index (χ1n) is 9.13. The van der Waals surface area contributed by atoms with Gasteiger partial charge in [-0.25, -0.2) is 4.79 Å². The van der Waals surface area contributed by atoms with Crippen LogP contribution < -0.4 is 19.5 Å². The van der Waals surface area contributed by atoms with E-state index in [2.05, 4.69) is 16.3 Å². The third-order valence-electron chi connectivity index (χ3n) is 4.91. The fourth-order valence-corrected chi connectivity index (χ4v) is 3.55. The minimum absolute atomic E-state index is 0.150. The maximum absolute atomic E-state index is 12.6. The number of ether oxygens (including phenoxy) is 3. The number of rotatable bonds is 4. The average molecular weight is 404 g/mol. The van der Waals surface area contributed by atoms with Crippen LogP contribution in [0, 0.1) is 0 Å². The van der Waals surface area contributed by atoms with Crippen molar-refractivity contribution in [2.24, 2.45) is 0 Å². The molecule has 1 fully saturated rings. The van der Waals surface area contributed by atoms with Gasteiger partial charge in [-0.1, -0.05) is 17.7 Å². The molecule has 1 saturated heterocycles. The molecule has 2 aliphatic heterocycles. The quantitative estimate of drug-likeness (QED) is 0.847. The van der Waals surface area contributed by atoms with E-state index in [-0.39, 0.29) is 12.8 Å². The zero-order valence-electron chi connectivity index (χ0n) is 15.6. The lowest BCUT2D eigenvalue weighted by Gasteiger charge is -2.34. The summed E-state index contributed by atoms with van der Waals surface area (Å²) in [6, 6.07) is 11.0. The smallest absolute Gasteiger partial charge is 0.322 e. The van der Waals surface area contributed by atoms with Crippen molar-refractivity contribution in [3.05, 3.63) is 47.0 Å². The minimum atomic E-state index is -0.150. The molecule has 28 heavy (non-hydrogen) atoms. The van der Waals surface area contributed by atoms with Crippen LogP contribution in [0.25, 0.3) is 0 Å². The van der Waals surface area contributed by atoms with Crippen molar-refractivity contribution in [2.45, 2.75) is 6.54 Å². The first-order chi connectivity index (χ1) is 13.6. The number of nitrogens with zero attached hydrogens (tertiary/aromatic N) is 2. The molecule has 4 rings (SSSR count). The summed E-state index contributed by atoms with van der Waals surface area (Å²) in [5.74, 6) is 2.17. The van der Waals surface area contributed by atoms with Crippen molar-refractivity contribution < 1.29 is 19.0 Å². The highest BCUT2D eigenvalue weighted by Gasteiger charge is 2.23. The number of carbonyl (C=O) groups excluding carboxylic acids is 1. The Morgan fingerprint density at radius 1 is 1.11 bits per heavy atom. The Kier molecular flexibility index (Phi) is 5.45. The predicted molar refractivity (Wildman–Crippen MR) is 106 cm³/mol. The first-order valence-corrected chi connectivity index (χ1v) is 9.50. The van der Waals surface area contributed by atoms with Gasteiger partial charge in [-0.05, 0) is 35.9 Å². The van der Waals surface area contributed by atoms with Gasteiger partial charge in [-0.15, -0.1) is 0 Å². The van der Waals surface area contributed by atoms with Crippen LogP contribution in [0.5, 0.6) is 17.2 Å². The average Bonchev–Trinajstić information content (AvgIpc) is 3.16. The second-order valence-electron chi connectivity index (χ2n) is 6.73. The highest BCUT2D eigenvalue weighted by Crippen LogP contribution is 2.33. The predicted octanol–water partition coefficient (Wildman–Crippen LogP) is 3.43. The number of amides is 2.